The number of nitrogens with one attached hydrogen (secondary N) is 1. The van der Waals surface area contributed by atoms with Crippen LogP contribution in [0, 0.1) is 16.0 Å². The maximum Gasteiger partial charge on any atom is 0.272 e. The standard InChI is InChI=1S/C16H18N4O3/c1-2-4-11-9-15(11)17-16(21)14-7-8-19(18-14)12-5-3-6-13(10-12)20(22)23/h3,5-8,10-11,15H,2,4,9H2,1H3,(H,17,21)/t11-,15-/m0/s1. The number of nitrogens with zero attached hydrogens (tertiary/aromatic N) is 3. The first-order valence-electron chi connectivity index (χ1n) is 7.70. The van der Waals surface area contributed by atoms with Crippen LogP contribution in [0.2, 0.25) is 0 Å². The lowest BCUT2D eigenvalue weighted by molar-refractivity contribution is -0.384. The molecule has 3 rings (SSSR count). The van der Waals surface area contributed by atoms with E-state index >= 15 is 0 Å². The van der Waals surface area contributed by atoms with Gasteiger partial charge >= 0.3 is 0 Å². The normalized spacial score (nSPS) is 19.3. The third kappa shape index (κ3) is 3.39. The summed E-state index contributed by atoms with van der Waals surface area (Å²) in [5, 5.41) is 18.0. The lowest BCUT2D eigenvalue weighted by atomic mass is 10.2. The van der Waals surface area contributed by atoms with Gasteiger partial charge in [-0.2, -0.15) is 5.10 Å². The molecule has 1 heterocycles. The Morgan fingerprint density at radius 1 is 1.48 bits per heavy atom. The van der Waals surface area contributed by atoms with Crippen LogP contribution in [-0.4, -0.2) is 26.7 Å². The Labute approximate surface area is 133 Å². The number of aromatic nitrogens is 2. The highest BCUT2D eigenvalue weighted by Gasteiger charge is 2.37. The number of nitro groups is 1. The molecule has 0 saturated heterocycles. The highest BCUT2D eigenvalue weighted by atomic mass is 16.6. The molecular weight excluding hydrogens is 296 g/mol. The maximum absolute atomic E-state index is 12.2. The molecule has 1 aliphatic carbocycles. The number of rotatable bonds is 6. The summed E-state index contributed by atoms with van der Waals surface area (Å²) in [6.45, 7) is 2.14. The first kappa shape index (κ1) is 15.2. The average molecular weight is 314 g/mol. The lowest BCUT2D eigenvalue weighted by Gasteiger charge is -2.03. The van der Waals surface area contributed by atoms with E-state index in [2.05, 4.69) is 17.3 Å². The first-order valence-corrected chi connectivity index (χ1v) is 7.70. The van der Waals surface area contributed by atoms with Crippen molar-refractivity contribution in [3.05, 3.63) is 52.3 Å². The third-order valence-corrected chi connectivity index (χ3v) is 4.03. The molecule has 1 saturated carbocycles. The van der Waals surface area contributed by atoms with E-state index < -0.39 is 4.92 Å². The van der Waals surface area contributed by atoms with Gasteiger partial charge in [0.05, 0.1) is 10.6 Å². The molecule has 0 aliphatic heterocycles. The van der Waals surface area contributed by atoms with Crippen molar-refractivity contribution in [3.8, 4) is 5.69 Å². The molecule has 1 aromatic heterocycles. The third-order valence-electron chi connectivity index (χ3n) is 4.03. The van der Waals surface area contributed by atoms with E-state index in [0.717, 1.165) is 19.3 Å². The molecule has 1 N–H and O–H groups in total. The minimum atomic E-state index is -0.457. The van der Waals surface area contributed by atoms with Crippen LogP contribution in [0.25, 0.3) is 5.69 Å². The highest BCUT2D eigenvalue weighted by molar-refractivity contribution is 5.92. The van der Waals surface area contributed by atoms with Crippen molar-refractivity contribution in [1.82, 2.24) is 15.1 Å². The van der Waals surface area contributed by atoms with E-state index in [1.54, 1.807) is 24.4 Å². The van der Waals surface area contributed by atoms with Crippen LogP contribution >= 0.6 is 0 Å². The monoisotopic (exact) mass is 314 g/mol. The summed E-state index contributed by atoms with van der Waals surface area (Å²) in [4.78, 5) is 22.5. The Morgan fingerprint density at radius 2 is 2.30 bits per heavy atom. The number of benzene rings is 1. The SMILES string of the molecule is CCC[C@H]1C[C@@H]1NC(=O)c1ccn(-c2cccc([N+](=O)[O-])c2)n1. The lowest BCUT2D eigenvalue weighted by Crippen LogP contribution is -2.27. The van der Waals surface area contributed by atoms with Crippen LogP contribution in [0.4, 0.5) is 5.69 Å². The second-order valence-electron chi connectivity index (χ2n) is 5.79. The molecule has 7 nitrogen and oxygen atoms in total. The summed E-state index contributed by atoms with van der Waals surface area (Å²) in [7, 11) is 0. The van der Waals surface area contributed by atoms with E-state index in [-0.39, 0.29) is 17.6 Å². The fraction of sp³-hybridized carbons (Fsp3) is 0.375. The Bertz CT molecular complexity index is 740. The van der Waals surface area contributed by atoms with Crippen molar-refractivity contribution in [2.45, 2.75) is 32.2 Å². The second kappa shape index (κ2) is 6.20. The molecule has 1 aliphatic rings. The number of carbonyl (C=O) groups is 1. The largest absolute Gasteiger partial charge is 0.348 e. The molecule has 7 heteroatoms. The Hall–Kier alpha value is -2.70. The fourth-order valence-corrected chi connectivity index (χ4v) is 2.69. The van der Waals surface area contributed by atoms with Gasteiger partial charge < -0.3 is 5.32 Å². The van der Waals surface area contributed by atoms with Gasteiger partial charge in [-0.25, -0.2) is 4.68 Å². The van der Waals surface area contributed by atoms with E-state index in [9.17, 15) is 14.9 Å². The van der Waals surface area contributed by atoms with Crippen molar-refractivity contribution < 1.29 is 9.72 Å². The van der Waals surface area contributed by atoms with Gasteiger partial charge in [-0.3, -0.25) is 14.9 Å². The number of hydrogen-bond donors (Lipinski definition) is 1. The summed E-state index contributed by atoms with van der Waals surface area (Å²) in [6, 6.07) is 8.01. The maximum atomic E-state index is 12.2. The van der Waals surface area contributed by atoms with Gasteiger partial charge in [0.15, 0.2) is 5.69 Å². The number of non-ortho nitro benzene ring substituents is 1. The van der Waals surface area contributed by atoms with Gasteiger partial charge in [0.25, 0.3) is 11.6 Å². The average Bonchev–Trinajstić information content (AvgIpc) is 3.08. The molecule has 1 aromatic carbocycles. The zero-order valence-electron chi connectivity index (χ0n) is 12.8. The van der Waals surface area contributed by atoms with Crippen LogP contribution in [0.15, 0.2) is 36.5 Å². The Kier molecular flexibility index (Phi) is 4.10. The molecule has 1 amide bonds. The van der Waals surface area contributed by atoms with E-state index in [0.29, 0.717) is 17.3 Å². The van der Waals surface area contributed by atoms with Crippen LogP contribution in [0.5, 0.6) is 0 Å². The van der Waals surface area contributed by atoms with Crippen molar-refractivity contribution in [3.63, 3.8) is 0 Å². The van der Waals surface area contributed by atoms with Gasteiger partial charge in [0.1, 0.15) is 0 Å². The molecular formula is C16H18N4O3. The Morgan fingerprint density at radius 3 is 3.04 bits per heavy atom. The van der Waals surface area contributed by atoms with E-state index in [4.69, 9.17) is 0 Å². The minimum Gasteiger partial charge on any atom is -0.348 e. The molecule has 0 unspecified atom stereocenters. The molecule has 0 bridgehead atoms. The summed E-state index contributed by atoms with van der Waals surface area (Å²) in [5.41, 5.74) is 0.858. The molecule has 23 heavy (non-hydrogen) atoms. The smallest absolute Gasteiger partial charge is 0.272 e. The number of amides is 1. The zero-order chi connectivity index (χ0) is 16.4. The summed E-state index contributed by atoms with van der Waals surface area (Å²) < 4.78 is 1.47. The van der Waals surface area contributed by atoms with E-state index in [1.807, 2.05) is 0 Å². The zero-order valence-corrected chi connectivity index (χ0v) is 12.8. The summed E-state index contributed by atoms with van der Waals surface area (Å²) in [6.07, 6.45) is 4.92. The van der Waals surface area contributed by atoms with Crippen LogP contribution in [0.1, 0.15) is 36.7 Å². The summed E-state index contributed by atoms with van der Waals surface area (Å²) >= 11 is 0. The van der Waals surface area contributed by atoms with Crippen molar-refractivity contribution in [2.75, 3.05) is 0 Å². The highest BCUT2D eigenvalue weighted by Crippen LogP contribution is 2.34. The predicted octanol–water partition coefficient (Wildman–Crippen LogP) is 2.70. The Balaban J connectivity index is 1.69. The van der Waals surface area contributed by atoms with Crippen molar-refractivity contribution >= 4 is 11.6 Å². The van der Waals surface area contributed by atoms with Gasteiger partial charge in [0, 0.05) is 24.4 Å². The predicted molar refractivity (Wildman–Crippen MR) is 84.5 cm³/mol. The van der Waals surface area contributed by atoms with Gasteiger partial charge in [-0.15, -0.1) is 0 Å². The molecule has 1 fully saturated rings. The molecule has 0 radical (unpaired) electrons. The number of hydrogen-bond acceptors (Lipinski definition) is 4. The van der Waals surface area contributed by atoms with E-state index in [1.165, 1.54) is 16.8 Å². The fourth-order valence-electron chi connectivity index (χ4n) is 2.69. The van der Waals surface area contributed by atoms with Crippen LogP contribution in [0.3, 0.4) is 0 Å². The van der Waals surface area contributed by atoms with Crippen molar-refractivity contribution in [1.29, 1.82) is 0 Å². The number of nitro benzene ring substituents is 1. The van der Waals surface area contributed by atoms with Crippen LogP contribution in [-0.2, 0) is 0 Å². The summed E-state index contributed by atoms with van der Waals surface area (Å²) in [5.74, 6) is 0.389. The van der Waals surface area contributed by atoms with Crippen LogP contribution < -0.4 is 5.32 Å². The number of carbonyl (C=O) groups excluding carboxylic acids is 1. The molecule has 2 atom stereocenters. The topological polar surface area (TPSA) is 90.1 Å². The first-order chi connectivity index (χ1) is 11.1. The second-order valence-corrected chi connectivity index (χ2v) is 5.79. The van der Waals surface area contributed by atoms with Crippen molar-refractivity contribution in [2.24, 2.45) is 5.92 Å². The van der Waals surface area contributed by atoms with Gasteiger partial charge in [-0.1, -0.05) is 19.4 Å². The molecule has 2 aromatic rings. The van der Waals surface area contributed by atoms with Gasteiger partial charge in [-0.05, 0) is 30.9 Å². The quantitative estimate of drug-likeness (QED) is 0.655. The molecule has 0 spiro atoms. The minimum absolute atomic E-state index is 0.00982. The van der Waals surface area contributed by atoms with Gasteiger partial charge in [0.2, 0.25) is 0 Å². The molecule has 120 valence electrons.